The Bertz CT molecular complexity index is 476. The van der Waals surface area contributed by atoms with Gasteiger partial charge in [-0.1, -0.05) is 24.3 Å². The Labute approximate surface area is 108 Å². The number of aryl methyl sites for hydroxylation is 2. The first-order chi connectivity index (χ1) is 8.63. The van der Waals surface area contributed by atoms with Gasteiger partial charge < -0.3 is 0 Å². The van der Waals surface area contributed by atoms with E-state index in [9.17, 15) is 0 Å². The zero-order valence-corrected chi connectivity index (χ0v) is 11.3. The fourth-order valence-electron chi connectivity index (χ4n) is 1.32. The molecule has 0 aliphatic rings. The van der Waals surface area contributed by atoms with Gasteiger partial charge in [0.05, 0.1) is 11.9 Å². The molecule has 94 valence electrons. The molecule has 18 heavy (non-hydrogen) atoms. The van der Waals surface area contributed by atoms with Crippen LogP contribution in [0.15, 0.2) is 36.5 Å². The second-order valence-corrected chi connectivity index (χ2v) is 4.00. The van der Waals surface area contributed by atoms with Crippen molar-refractivity contribution in [3.05, 3.63) is 58.9 Å². The molecule has 4 nitrogen and oxygen atoms in total. The molecule has 0 saturated carbocycles. The lowest BCUT2D eigenvalue weighted by Crippen LogP contribution is -1.91. The van der Waals surface area contributed by atoms with Crippen molar-refractivity contribution in [3.8, 4) is 0 Å². The lowest BCUT2D eigenvalue weighted by Gasteiger charge is -2.00. The van der Waals surface area contributed by atoms with Crippen molar-refractivity contribution in [1.82, 2.24) is 20.6 Å². The molecule has 0 radical (unpaired) electrons. The Morgan fingerprint density at radius 1 is 0.778 bits per heavy atom. The average Bonchev–Trinajstić information content (AvgIpc) is 2.37. The molecule has 0 bridgehead atoms. The number of aromatic nitrogens is 4. The molecule has 0 atom stereocenters. The lowest BCUT2D eigenvalue weighted by atomic mass is 10.1. The highest BCUT2D eigenvalue weighted by Gasteiger charge is 1.95. The van der Waals surface area contributed by atoms with Gasteiger partial charge in [0.2, 0.25) is 0 Å². The highest BCUT2D eigenvalue weighted by molar-refractivity contribution is 5.30. The van der Waals surface area contributed by atoms with Gasteiger partial charge in [-0.3, -0.25) is 0 Å². The zero-order valence-electron chi connectivity index (χ0n) is 11.3. The average molecular weight is 242 g/mol. The molecule has 0 fully saturated rings. The molecule has 0 aromatic carbocycles. The normalized spacial score (nSPS) is 9.11. The van der Waals surface area contributed by atoms with Crippen molar-refractivity contribution in [2.45, 2.75) is 27.7 Å². The standard InChI is InChI=1S/C14H18N4/c1-11-9-7-5-6-8-10-15-17-18-16-14(4)13(3)12(11)2/h5-10H,1-4H3. The second-order valence-electron chi connectivity index (χ2n) is 4.00. The molecular formula is C14H18N4. The van der Waals surface area contributed by atoms with Crippen molar-refractivity contribution in [2.24, 2.45) is 0 Å². The molecule has 1 heterocycles. The third-order valence-electron chi connectivity index (χ3n) is 2.82. The van der Waals surface area contributed by atoms with Gasteiger partial charge in [-0.15, -0.1) is 10.2 Å². The van der Waals surface area contributed by atoms with E-state index in [2.05, 4.69) is 40.5 Å². The molecule has 0 saturated heterocycles. The van der Waals surface area contributed by atoms with Crippen molar-refractivity contribution >= 4 is 0 Å². The van der Waals surface area contributed by atoms with Gasteiger partial charge in [0.25, 0.3) is 0 Å². The number of nitrogens with zero attached hydrogens (tertiary/aromatic N) is 4. The second kappa shape index (κ2) is 7.27. The van der Waals surface area contributed by atoms with Crippen LogP contribution in [-0.4, -0.2) is 20.6 Å². The minimum atomic E-state index is 0.843. The maximum absolute atomic E-state index is 4.01. The van der Waals surface area contributed by atoms with Crippen LogP contribution >= 0.6 is 0 Å². The molecule has 1 rings (SSSR count). The van der Waals surface area contributed by atoms with E-state index in [0.717, 1.165) is 11.3 Å². The molecule has 1 aromatic rings. The maximum atomic E-state index is 4.01. The first-order valence-electron chi connectivity index (χ1n) is 5.79. The van der Waals surface area contributed by atoms with E-state index in [1.54, 1.807) is 12.3 Å². The summed E-state index contributed by atoms with van der Waals surface area (Å²) < 4.78 is 0. The summed E-state index contributed by atoms with van der Waals surface area (Å²) in [5.74, 6) is 0. The highest BCUT2D eigenvalue weighted by Crippen LogP contribution is 2.09. The number of hydrogen-bond acceptors (Lipinski definition) is 4. The van der Waals surface area contributed by atoms with Crippen LogP contribution in [0.1, 0.15) is 22.4 Å². The van der Waals surface area contributed by atoms with Crippen LogP contribution in [0.2, 0.25) is 0 Å². The van der Waals surface area contributed by atoms with Gasteiger partial charge in [0.1, 0.15) is 0 Å². The first-order valence-corrected chi connectivity index (χ1v) is 5.79. The SMILES string of the molecule is Cc1ccccccnnnnc(C)c(C)c1C. The van der Waals surface area contributed by atoms with E-state index in [0.29, 0.717) is 0 Å². The van der Waals surface area contributed by atoms with Gasteiger partial charge in [0, 0.05) is 0 Å². The van der Waals surface area contributed by atoms with E-state index < -0.39 is 0 Å². The van der Waals surface area contributed by atoms with Crippen molar-refractivity contribution in [1.29, 1.82) is 0 Å². The predicted octanol–water partition coefficient (Wildman–Crippen LogP) is 2.75. The summed E-state index contributed by atoms with van der Waals surface area (Å²) in [7, 11) is 0. The molecule has 0 unspecified atom stereocenters. The topological polar surface area (TPSA) is 51.6 Å². The van der Waals surface area contributed by atoms with Gasteiger partial charge in [-0.2, -0.15) is 0 Å². The third kappa shape index (κ3) is 4.41. The third-order valence-corrected chi connectivity index (χ3v) is 2.82. The Kier molecular flexibility index (Phi) is 5.64. The van der Waals surface area contributed by atoms with Crippen molar-refractivity contribution < 1.29 is 0 Å². The molecule has 0 aliphatic carbocycles. The van der Waals surface area contributed by atoms with Crippen LogP contribution in [0.4, 0.5) is 0 Å². The van der Waals surface area contributed by atoms with E-state index in [-0.39, 0.29) is 0 Å². The summed E-state index contributed by atoms with van der Waals surface area (Å²) in [4.78, 5) is 0. The Hall–Kier alpha value is -2.10. The zero-order chi connectivity index (χ0) is 13.4. The van der Waals surface area contributed by atoms with E-state index in [1.165, 1.54) is 11.1 Å². The summed E-state index contributed by atoms with van der Waals surface area (Å²) in [6, 6.07) is 9.68. The summed E-state index contributed by atoms with van der Waals surface area (Å²) >= 11 is 0. The van der Waals surface area contributed by atoms with Gasteiger partial charge >= 0.3 is 0 Å². The number of rotatable bonds is 0. The van der Waals surface area contributed by atoms with Crippen LogP contribution in [-0.2, 0) is 0 Å². The fourth-order valence-corrected chi connectivity index (χ4v) is 1.32. The van der Waals surface area contributed by atoms with Crippen LogP contribution in [0, 0.1) is 27.7 Å². The van der Waals surface area contributed by atoms with Crippen LogP contribution in [0.3, 0.4) is 0 Å². The lowest BCUT2D eigenvalue weighted by molar-refractivity contribution is 0.775. The summed E-state index contributed by atoms with van der Waals surface area (Å²) in [6.07, 6.45) is 1.56. The molecule has 0 spiro atoms. The number of hydrogen-bond donors (Lipinski definition) is 0. The monoisotopic (exact) mass is 242 g/mol. The summed E-state index contributed by atoms with van der Waals surface area (Å²) in [5, 5.41) is 15.0. The molecule has 0 N–H and O–H groups in total. The van der Waals surface area contributed by atoms with Crippen molar-refractivity contribution in [3.63, 3.8) is 0 Å². The first kappa shape index (κ1) is 14.0. The molecule has 4 heteroatoms. The Balaban J connectivity index is 3.53. The van der Waals surface area contributed by atoms with Crippen LogP contribution in [0.25, 0.3) is 0 Å². The van der Waals surface area contributed by atoms with E-state index in [1.807, 2.05) is 32.0 Å². The molecule has 1 aromatic heterocycles. The summed E-state index contributed by atoms with van der Waals surface area (Å²) in [5.41, 5.74) is 4.35. The minimum absolute atomic E-state index is 0.843. The molecular weight excluding hydrogens is 224 g/mol. The van der Waals surface area contributed by atoms with E-state index in [4.69, 9.17) is 0 Å². The quantitative estimate of drug-likeness (QED) is 0.702. The Morgan fingerprint density at radius 3 is 2.28 bits per heavy atom. The van der Waals surface area contributed by atoms with Crippen molar-refractivity contribution in [2.75, 3.05) is 0 Å². The largest absolute Gasteiger partial charge is 0.137 e. The minimum Gasteiger partial charge on any atom is -0.137 e. The van der Waals surface area contributed by atoms with Gasteiger partial charge in [-0.05, 0) is 60.9 Å². The molecule has 0 aliphatic heterocycles. The highest BCUT2D eigenvalue weighted by atomic mass is 15.4. The van der Waals surface area contributed by atoms with E-state index >= 15 is 0 Å². The Morgan fingerprint density at radius 2 is 1.50 bits per heavy atom. The molecule has 0 amide bonds. The fraction of sp³-hybridized carbons (Fsp3) is 0.286. The van der Waals surface area contributed by atoms with Gasteiger partial charge in [-0.25, -0.2) is 0 Å². The smallest absolute Gasteiger partial charge is 0.0650 e. The maximum Gasteiger partial charge on any atom is 0.0650 e. The summed E-state index contributed by atoms with van der Waals surface area (Å²) in [6.45, 7) is 8.09. The van der Waals surface area contributed by atoms with Crippen LogP contribution < -0.4 is 0 Å². The van der Waals surface area contributed by atoms with Gasteiger partial charge in [0.15, 0.2) is 0 Å². The van der Waals surface area contributed by atoms with Crippen LogP contribution in [0.5, 0.6) is 0 Å². The predicted molar refractivity (Wildman–Crippen MR) is 71.8 cm³/mol.